The molecular weight excluding hydrogens is 398 g/mol. The molecule has 1 aliphatic heterocycles. The van der Waals surface area contributed by atoms with Crippen LogP contribution in [0.1, 0.15) is 54.2 Å². The van der Waals surface area contributed by atoms with Crippen molar-refractivity contribution in [2.24, 2.45) is 0 Å². The van der Waals surface area contributed by atoms with Gasteiger partial charge >= 0.3 is 5.97 Å². The SMILES string of the molecule is O=C(O)c1cc(OCCC2OCCCO2)c2c(C3CCC3)nn(-c3ccccc3)c2n1. The van der Waals surface area contributed by atoms with Crippen LogP contribution in [0.2, 0.25) is 0 Å². The van der Waals surface area contributed by atoms with Crippen LogP contribution >= 0.6 is 0 Å². The average molecular weight is 423 g/mol. The number of carbonyl (C=O) groups is 1. The van der Waals surface area contributed by atoms with Gasteiger partial charge in [0.15, 0.2) is 17.6 Å². The van der Waals surface area contributed by atoms with Gasteiger partial charge in [-0.05, 0) is 31.4 Å². The summed E-state index contributed by atoms with van der Waals surface area (Å²) in [4.78, 5) is 16.2. The number of hydrogen-bond donors (Lipinski definition) is 1. The van der Waals surface area contributed by atoms with Gasteiger partial charge in [0.25, 0.3) is 0 Å². The maximum atomic E-state index is 11.8. The van der Waals surface area contributed by atoms with E-state index >= 15 is 0 Å². The summed E-state index contributed by atoms with van der Waals surface area (Å²) in [5.41, 5.74) is 2.20. The number of nitrogens with zero attached hydrogens (tertiary/aromatic N) is 3. The molecular formula is C23H25N3O5. The van der Waals surface area contributed by atoms with Crippen LogP contribution in [0.4, 0.5) is 0 Å². The van der Waals surface area contributed by atoms with Gasteiger partial charge in [0, 0.05) is 18.4 Å². The van der Waals surface area contributed by atoms with Crippen LogP contribution in [0.5, 0.6) is 5.75 Å². The molecule has 5 rings (SSSR count). The Bertz CT molecular complexity index is 1070. The number of hydrogen-bond acceptors (Lipinski definition) is 6. The molecule has 2 aliphatic rings. The monoisotopic (exact) mass is 423 g/mol. The Morgan fingerprint density at radius 3 is 2.61 bits per heavy atom. The summed E-state index contributed by atoms with van der Waals surface area (Å²) in [5.74, 6) is -0.267. The lowest BCUT2D eigenvalue weighted by Crippen LogP contribution is -2.26. The lowest BCUT2D eigenvalue weighted by Gasteiger charge is -2.24. The number of fused-ring (bicyclic) bond motifs is 1. The van der Waals surface area contributed by atoms with Gasteiger partial charge in [0.2, 0.25) is 0 Å². The van der Waals surface area contributed by atoms with Crippen molar-refractivity contribution in [3.63, 3.8) is 0 Å². The lowest BCUT2D eigenvalue weighted by atomic mass is 9.82. The molecule has 31 heavy (non-hydrogen) atoms. The molecule has 0 bridgehead atoms. The fraction of sp³-hybridized carbons (Fsp3) is 0.435. The molecule has 2 aromatic heterocycles. The summed E-state index contributed by atoms with van der Waals surface area (Å²) in [6, 6.07) is 11.2. The van der Waals surface area contributed by atoms with Gasteiger partial charge in [-0.25, -0.2) is 14.5 Å². The number of carboxylic acids is 1. The second kappa shape index (κ2) is 8.64. The van der Waals surface area contributed by atoms with Crippen LogP contribution in [-0.2, 0) is 9.47 Å². The summed E-state index contributed by atoms with van der Waals surface area (Å²) < 4.78 is 19.0. The molecule has 3 aromatic rings. The van der Waals surface area contributed by atoms with E-state index in [1.807, 2.05) is 30.3 Å². The van der Waals surface area contributed by atoms with Crippen LogP contribution in [0.3, 0.4) is 0 Å². The number of ether oxygens (including phenoxy) is 3. The van der Waals surface area contributed by atoms with Crippen molar-refractivity contribution in [1.29, 1.82) is 0 Å². The van der Waals surface area contributed by atoms with Crippen LogP contribution in [-0.4, -0.2) is 52.0 Å². The molecule has 1 aromatic carbocycles. The minimum Gasteiger partial charge on any atom is -0.492 e. The molecule has 2 fully saturated rings. The second-order valence-corrected chi connectivity index (χ2v) is 7.93. The number of pyridine rings is 1. The van der Waals surface area contributed by atoms with Crippen molar-refractivity contribution in [1.82, 2.24) is 14.8 Å². The number of para-hydroxylation sites is 1. The van der Waals surface area contributed by atoms with Gasteiger partial charge < -0.3 is 19.3 Å². The van der Waals surface area contributed by atoms with E-state index in [9.17, 15) is 9.90 Å². The molecule has 8 nitrogen and oxygen atoms in total. The highest BCUT2D eigenvalue weighted by molar-refractivity contribution is 5.94. The Morgan fingerprint density at radius 2 is 1.94 bits per heavy atom. The van der Waals surface area contributed by atoms with Crippen molar-refractivity contribution in [2.75, 3.05) is 19.8 Å². The molecule has 1 saturated carbocycles. The zero-order valence-corrected chi connectivity index (χ0v) is 17.2. The van der Waals surface area contributed by atoms with Crippen LogP contribution in [0.25, 0.3) is 16.7 Å². The molecule has 3 heterocycles. The molecule has 0 atom stereocenters. The largest absolute Gasteiger partial charge is 0.492 e. The maximum Gasteiger partial charge on any atom is 0.354 e. The van der Waals surface area contributed by atoms with E-state index in [0.29, 0.717) is 43.6 Å². The summed E-state index contributed by atoms with van der Waals surface area (Å²) in [5, 5.41) is 15.3. The predicted molar refractivity (Wildman–Crippen MR) is 113 cm³/mol. The molecule has 162 valence electrons. The van der Waals surface area contributed by atoms with E-state index < -0.39 is 5.97 Å². The quantitative estimate of drug-likeness (QED) is 0.615. The zero-order chi connectivity index (χ0) is 21.2. The third kappa shape index (κ3) is 4.00. The first-order chi connectivity index (χ1) is 15.2. The van der Waals surface area contributed by atoms with E-state index in [4.69, 9.17) is 19.3 Å². The number of carboxylic acid groups (broad SMARTS) is 1. The maximum absolute atomic E-state index is 11.8. The van der Waals surface area contributed by atoms with E-state index in [1.165, 1.54) is 6.07 Å². The third-order valence-electron chi connectivity index (χ3n) is 5.85. The number of rotatable bonds is 7. The van der Waals surface area contributed by atoms with Gasteiger partial charge in [0.1, 0.15) is 5.75 Å². The number of aromatic carboxylic acids is 1. The standard InChI is InChI=1S/C23H25N3O5/c27-23(28)17-14-18(29-13-10-19-30-11-5-12-31-19)20-21(15-6-4-7-15)25-26(22(20)24-17)16-8-2-1-3-9-16/h1-3,8-9,14-15,19H,4-7,10-13H2,(H,27,28). The molecule has 0 spiro atoms. The van der Waals surface area contributed by atoms with Crippen LogP contribution < -0.4 is 4.74 Å². The first kappa shape index (κ1) is 20.0. The first-order valence-corrected chi connectivity index (χ1v) is 10.8. The molecule has 0 amide bonds. The van der Waals surface area contributed by atoms with Crippen molar-refractivity contribution in [2.45, 2.75) is 44.3 Å². The lowest BCUT2D eigenvalue weighted by molar-refractivity contribution is -0.183. The number of aromatic nitrogens is 3. The molecule has 0 radical (unpaired) electrons. The number of benzene rings is 1. The normalized spacial score (nSPS) is 17.5. The zero-order valence-electron chi connectivity index (χ0n) is 17.2. The van der Waals surface area contributed by atoms with Crippen molar-refractivity contribution in [3.05, 3.63) is 47.8 Å². The molecule has 1 saturated heterocycles. The Hall–Kier alpha value is -2.97. The fourth-order valence-corrected chi connectivity index (χ4v) is 4.02. The highest BCUT2D eigenvalue weighted by Crippen LogP contribution is 2.42. The first-order valence-electron chi connectivity index (χ1n) is 10.8. The Labute approximate surface area is 179 Å². The summed E-state index contributed by atoms with van der Waals surface area (Å²) in [7, 11) is 0. The van der Waals surface area contributed by atoms with Crippen molar-refractivity contribution >= 4 is 17.0 Å². The highest BCUT2D eigenvalue weighted by Gasteiger charge is 2.29. The minimum absolute atomic E-state index is 0.0649. The smallest absolute Gasteiger partial charge is 0.354 e. The summed E-state index contributed by atoms with van der Waals surface area (Å²) in [6.45, 7) is 1.72. The average Bonchev–Trinajstić information content (AvgIpc) is 3.13. The minimum atomic E-state index is -1.10. The Balaban J connectivity index is 1.55. The summed E-state index contributed by atoms with van der Waals surface area (Å²) >= 11 is 0. The Kier molecular flexibility index (Phi) is 5.57. The van der Waals surface area contributed by atoms with Gasteiger partial charge in [-0.2, -0.15) is 5.10 Å². The van der Waals surface area contributed by atoms with E-state index in [0.717, 1.165) is 42.5 Å². The summed E-state index contributed by atoms with van der Waals surface area (Å²) in [6.07, 6.45) is 4.46. The molecule has 8 heteroatoms. The van der Waals surface area contributed by atoms with Crippen molar-refractivity contribution < 1.29 is 24.1 Å². The van der Waals surface area contributed by atoms with Gasteiger partial charge in [0.05, 0.1) is 36.6 Å². The van der Waals surface area contributed by atoms with E-state index in [2.05, 4.69) is 4.98 Å². The fourth-order valence-electron chi connectivity index (χ4n) is 4.02. The molecule has 1 N–H and O–H groups in total. The Morgan fingerprint density at radius 1 is 1.16 bits per heavy atom. The van der Waals surface area contributed by atoms with Crippen LogP contribution in [0, 0.1) is 0 Å². The van der Waals surface area contributed by atoms with Crippen molar-refractivity contribution in [3.8, 4) is 11.4 Å². The van der Waals surface area contributed by atoms with Crippen LogP contribution in [0.15, 0.2) is 36.4 Å². The topological polar surface area (TPSA) is 95.7 Å². The van der Waals surface area contributed by atoms with Gasteiger partial charge in [-0.3, -0.25) is 0 Å². The molecule has 1 aliphatic carbocycles. The highest BCUT2D eigenvalue weighted by atomic mass is 16.7. The predicted octanol–water partition coefficient (Wildman–Crippen LogP) is 3.92. The van der Waals surface area contributed by atoms with Gasteiger partial charge in [-0.1, -0.05) is 24.6 Å². The third-order valence-corrected chi connectivity index (χ3v) is 5.85. The van der Waals surface area contributed by atoms with Gasteiger partial charge in [-0.15, -0.1) is 0 Å². The van der Waals surface area contributed by atoms with E-state index in [1.54, 1.807) is 4.68 Å². The molecule has 0 unspecified atom stereocenters. The van der Waals surface area contributed by atoms with E-state index in [-0.39, 0.29) is 12.0 Å². The second-order valence-electron chi connectivity index (χ2n) is 7.93.